The summed E-state index contributed by atoms with van der Waals surface area (Å²) in [6.07, 6.45) is -4.16. The summed E-state index contributed by atoms with van der Waals surface area (Å²) in [5.74, 6) is 1.33. The molecule has 2 heterocycles. The van der Waals surface area contributed by atoms with Crippen molar-refractivity contribution < 1.29 is 17.9 Å². The summed E-state index contributed by atoms with van der Waals surface area (Å²) in [5.41, 5.74) is 0.822. The topological polar surface area (TPSA) is 41.5 Å². The van der Waals surface area contributed by atoms with Crippen molar-refractivity contribution in [3.63, 3.8) is 0 Å². The summed E-state index contributed by atoms with van der Waals surface area (Å²) in [6, 6.07) is 1.67. The van der Waals surface area contributed by atoms with Gasteiger partial charge in [-0.15, -0.1) is 0 Å². The highest BCUT2D eigenvalue weighted by Crippen LogP contribution is 2.22. The van der Waals surface area contributed by atoms with Crippen molar-refractivity contribution in [3.8, 4) is 0 Å². The van der Waals surface area contributed by atoms with Gasteiger partial charge in [-0.3, -0.25) is 4.90 Å². The largest absolute Gasteiger partial charge is 0.401 e. The van der Waals surface area contributed by atoms with Crippen LogP contribution in [-0.2, 0) is 11.3 Å². The molecule has 0 spiro atoms. The minimum atomic E-state index is -4.16. The highest BCUT2D eigenvalue weighted by Gasteiger charge is 2.35. The molecule has 0 aromatic carbocycles. The van der Waals surface area contributed by atoms with Crippen LogP contribution in [0.1, 0.15) is 18.4 Å². The fraction of sp³-hybridized carbons (Fsp3) is 0.714. The van der Waals surface area contributed by atoms with Gasteiger partial charge in [0.2, 0.25) is 0 Å². The van der Waals surface area contributed by atoms with Gasteiger partial charge in [-0.1, -0.05) is 0 Å². The number of halogens is 3. The molecule has 1 fully saturated rings. The van der Waals surface area contributed by atoms with Gasteiger partial charge in [-0.25, -0.2) is 9.97 Å². The number of hydrogen-bond acceptors (Lipinski definition) is 5. The maximum atomic E-state index is 12.5. The molecule has 0 N–H and O–H groups in total. The van der Waals surface area contributed by atoms with Gasteiger partial charge in [-0.2, -0.15) is 13.2 Å². The van der Waals surface area contributed by atoms with Crippen LogP contribution in [-0.4, -0.2) is 60.4 Å². The molecule has 1 aliphatic heterocycles. The molecule has 1 atom stereocenters. The van der Waals surface area contributed by atoms with Crippen LogP contribution in [0.15, 0.2) is 6.07 Å². The number of piperazine rings is 1. The van der Waals surface area contributed by atoms with Gasteiger partial charge in [-0.05, 0) is 13.8 Å². The van der Waals surface area contributed by atoms with Crippen LogP contribution in [0.25, 0.3) is 0 Å². The number of nitrogens with zero attached hydrogens (tertiary/aromatic N) is 4. The van der Waals surface area contributed by atoms with Gasteiger partial charge < -0.3 is 9.64 Å². The van der Waals surface area contributed by atoms with E-state index in [1.165, 1.54) is 4.90 Å². The van der Waals surface area contributed by atoms with E-state index in [4.69, 9.17) is 4.74 Å². The first-order valence-electron chi connectivity index (χ1n) is 7.18. The van der Waals surface area contributed by atoms with Crippen LogP contribution in [0.3, 0.4) is 0 Å². The Balaban J connectivity index is 2.07. The van der Waals surface area contributed by atoms with Gasteiger partial charge in [0, 0.05) is 44.5 Å². The predicted molar refractivity (Wildman–Crippen MR) is 76.8 cm³/mol. The van der Waals surface area contributed by atoms with E-state index in [2.05, 4.69) is 9.97 Å². The molecule has 124 valence electrons. The van der Waals surface area contributed by atoms with E-state index in [0.717, 1.165) is 11.5 Å². The molecule has 0 saturated carbocycles. The van der Waals surface area contributed by atoms with Crippen molar-refractivity contribution in [3.05, 3.63) is 17.6 Å². The van der Waals surface area contributed by atoms with Gasteiger partial charge in [0.15, 0.2) is 5.82 Å². The second-order valence-corrected chi connectivity index (χ2v) is 5.60. The Hall–Kier alpha value is -1.41. The number of aryl methyl sites for hydroxylation is 1. The summed E-state index contributed by atoms with van der Waals surface area (Å²) >= 11 is 0. The SMILES string of the molecule is COCc1nc(C)cc(N2CCN(CC(F)(F)F)C(C)C2)n1. The molecule has 1 aromatic rings. The second-order valence-electron chi connectivity index (χ2n) is 5.60. The second kappa shape index (κ2) is 6.78. The number of methoxy groups -OCH3 is 1. The van der Waals surface area contributed by atoms with Crippen LogP contribution in [0.2, 0.25) is 0 Å². The summed E-state index contributed by atoms with van der Waals surface area (Å²) in [6.45, 7) is 4.53. The number of alkyl halides is 3. The lowest BCUT2D eigenvalue weighted by atomic mass is 10.2. The molecule has 5 nitrogen and oxygen atoms in total. The van der Waals surface area contributed by atoms with Crippen LogP contribution in [0, 0.1) is 6.92 Å². The molecular weight excluding hydrogens is 297 g/mol. The van der Waals surface area contributed by atoms with Crippen LogP contribution >= 0.6 is 0 Å². The molecule has 1 saturated heterocycles. The molecule has 1 aromatic heterocycles. The number of ether oxygens (including phenoxy) is 1. The third-order valence-corrected chi connectivity index (χ3v) is 3.63. The number of hydrogen-bond donors (Lipinski definition) is 0. The van der Waals surface area contributed by atoms with E-state index in [-0.39, 0.29) is 6.04 Å². The first-order valence-corrected chi connectivity index (χ1v) is 7.18. The molecule has 0 radical (unpaired) electrons. The smallest absolute Gasteiger partial charge is 0.377 e. The third kappa shape index (κ3) is 4.54. The average molecular weight is 318 g/mol. The highest BCUT2D eigenvalue weighted by molar-refractivity contribution is 5.40. The van der Waals surface area contributed by atoms with Gasteiger partial charge in [0.1, 0.15) is 12.4 Å². The lowest BCUT2D eigenvalue weighted by Gasteiger charge is -2.40. The van der Waals surface area contributed by atoms with E-state index in [9.17, 15) is 13.2 Å². The summed E-state index contributed by atoms with van der Waals surface area (Å²) in [7, 11) is 1.57. The zero-order valence-corrected chi connectivity index (χ0v) is 13.0. The van der Waals surface area contributed by atoms with Crippen molar-refractivity contribution in [2.24, 2.45) is 0 Å². The molecule has 0 bridgehead atoms. The van der Waals surface area contributed by atoms with Crippen LogP contribution < -0.4 is 4.90 Å². The molecule has 2 rings (SSSR count). The zero-order chi connectivity index (χ0) is 16.3. The van der Waals surface area contributed by atoms with Gasteiger partial charge in [0.05, 0.1) is 6.54 Å². The highest BCUT2D eigenvalue weighted by atomic mass is 19.4. The number of anilines is 1. The standard InChI is InChI=1S/C14H21F3N4O/c1-10-6-13(19-12(18-10)8-22-3)20-4-5-21(11(2)7-20)9-14(15,16)17/h6,11H,4-5,7-9H2,1-3H3. The van der Waals surface area contributed by atoms with Gasteiger partial charge in [0.25, 0.3) is 0 Å². The maximum Gasteiger partial charge on any atom is 0.401 e. The first kappa shape index (κ1) is 17.0. The van der Waals surface area contributed by atoms with E-state index in [0.29, 0.717) is 32.1 Å². The Morgan fingerprint density at radius 3 is 2.64 bits per heavy atom. The van der Waals surface area contributed by atoms with Crippen molar-refractivity contribution in [1.82, 2.24) is 14.9 Å². The summed E-state index contributed by atoms with van der Waals surface area (Å²) < 4.78 is 42.6. The Morgan fingerprint density at radius 2 is 2.05 bits per heavy atom. The van der Waals surface area contributed by atoms with Gasteiger partial charge >= 0.3 is 6.18 Å². The molecule has 8 heteroatoms. The molecule has 1 unspecified atom stereocenters. The van der Waals surface area contributed by atoms with Crippen molar-refractivity contribution in [2.75, 3.05) is 38.2 Å². The van der Waals surface area contributed by atoms with E-state index < -0.39 is 12.7 Å². The molecule has 0 amide bonds. The monoisotopic (exact) mass is 318 g/mol. The van der Waals surface area contributed by atoms with E-state index in [1.807, 2.05) is 24.8 Å². The fourth-order valence-corrected chi connectivity index (χ4v) is 2.64. The lowest BCUT2D eigenvalue weighted by molar-refractivity contribution is -0.150. The quantitative estimate of drug-likeness (QED) is 0.849. The van der Waals surface area contributed by atoms with Crippen LogP contribution in [0.5, 0.6) is 0 Å². The summed E-state index contributed by atoms with van der Waals surface area (Å²) in [4.78, 5) is 12.2. The normalized spacial score (nSPS) is 20.5. The molecular formula is C14H21F3N4O. The maximum absolute atomic E-state index is 12.5. The Labute approximate surface area is 128 Å². The average Bonchev–Trinajstić information content (AvgIpc) is 2.39. The fourth-order valence-electron chi connectivity index (χ4n) is 2.64. The van der Waals surface area contributed by atoms with Crippen molar-refractivity contribution in [2.45, 2.75) is 32.7 Å². The summed E-state index contributed by atoms with van der Waals surface area (Å²) in [5, 5.41) is 0. The van der Waals surface area contributed by atoms with Crippen LogP contribution in [0.4, 0.5) is 19.0 Å². The molecule has 22 heavy (non-hydrogen) atoms. The lowest BCUT2D eigenvalue weighted by Crippen LogP contribution is -2.54. The minimum Gasteiger partial charge on any atom is -0.377 e. The van der Waals surface area contributed by atoms with E-state index >= 15 is 0 Å². The number of aromatic nitrogens is 2. The number of rotatable bonds is 4. The Kier molecular flexibility index (Phi) is 5.23. The third-order valence-electron chi connectivity index (χ3n) is 3.63. The molecule has 1 aliphatic rings. The Bertz CT molecular complexity index is 509. The predicted octanol–water partition coefficient (Wildman–Crippen LogP) is 2.00. The zero-order valence-electron chi connectivity index (χ0n) is 13.0. The Morgan fingerprint density at radius 1 is 1.32 bits per heavy atom. The first-order chi connectivity index (χ1) is 10.3. The van der Waals surface area contributed by atoms with E-state index in [1.54, 1.807) is 7.11 Å². The van der Waals surface area contributed by atoms with Crippen molar-refractivity contribution in [1.29, 1.82) is 0 Å². The minimum absolute atomic E-state index is 0.184. The molecule has 0 aliphatic carbocycles. The van der Waals surface area contributed by atoms with Crippen molar-refractivity contribution >= 4 is 5.82 Å².